The van der Waals surface area contributed by atoms with Gasteiger partial charge >= 0.3 is 11.8 Å². The first-order valence-corrected chi connectivity index (χ1v) is 7.63. The second-order valence-electron chi connectivity index (χ2n) is 5.76. The lowest BCUT2D eigenvalue weighted by atomic mass is 9.89. The molecule has 1 aromatic carbocycles. The fraction of sp³-hybridized carbons (Fsp3) is 0.500. The van der Waals surface area contributed by atoms with Crippen LogP contribution in [0.25, 0.3) is 0 Å². The molecule has 2 amide bonds. The third-order valence-electron chi connectivity index (χ3n) is 3.93. The summed E-state index contributed by atoms with van der Waals surface area (Å²) in [7, 11) is 0. The number of nitrogens with one attached hydrogen (secondary N) is 2. The number of hydrogen-bond donors (Lipinski definition) is 3. The van der Waals surface area contributed by atoms with Crippen molar-refractivity contribution in [2.45, 2.75) is 39.7 Å². The Morgan fingerprint density at radius 2 is 2.00 bits per heavy atom. The number of anilines is 1. The highest BCUT2D eigenvalue weighted by Crippen LogP contribution is 2.20. The Labute approximate surface area is 136 Å². The molecule has 122 valence electrons. The third-order valence-corrected chi connectivity index (χ3v) is 4.17. The molecule has 22 heavy (non-hydrogen) atoms. The van der Waals surface area contributed by atoms with E-state index in [1.807, 2.05) is 13.8 Å². The highest BCUT2D eigenvalue weighted by Gasteiger charge is 2.28. The number of hydrogen-bond acceptors (Lipinski definition) is 3. The Bertz CT molecular complexity index is 558. The summed E-state index contributed by atoms with van der Waals surface area (Å²) in [5, 5.41) is 15.7. The number of carbonyl (C=O) groups is 2. The SMILES string of the molecule is CCC(C)C(C)(O)CNC(=O)C(=O)Nc1cc(Cl)ccc1C. The summed E-state index contributed by atoms with van der Waals surface area (Å²) in [6, 6.07) is 5.04. The van der Waals surface area contributed by atoms with Gasteiger partial charge in [-0.05, 0) is 37.5 Å². The van der Waals surface area contributed by atoms with E-state index in [1.54, 1.807) is 32.0 Å². The monoisotopic (exact) mass is 326 g/mol. The molecule has 0 aliphatic heterocycles. The Hall–Kier alpha value is -1.59. The maximum atomic E-state index is 11.9. The topological polar surface area (TPSA) is 78.4 Å². The zero-order valence-electron chi connectivity index (χ0n) is 13.4. The number of rotatable bonds is 5. The van der Waals surface area contributed by atoms with Gasteiger partial charge < -0.3 is 15.7 Å². The molecule has 1 rings (SSSR count). The summed E-state index contributed by atoms with van der Waals surface area (Å²) < 4.78 is 0. The molecule has 0 spiro atoms. The van der Waals surface area contributed by atoms with E-state index in [0.717, 1.165) is 12.0 Å². The van der Waals surface area contributed by atoms with E-state index in [-0.39, 0.29) is 12.5 Å². The standard InChI is InChI=1S/C16H23ClN2O3/c1-5-11(3)16(4,22)9-18-14(20)15(21)19-13-8-12(17)7-6-10(13)2/h6-8,11,22H,5,9H2,1-4H3,(H,18,20)(H,19,21). The van der Waals surface area contributed by atoms with Gasteiger partial charge in [-0.25, -0.2) is 0 Å². The van der Waals surface area contributed by atoms with E-state index in [9.17, 15) is 14.7 Å². The highest BCUT2D eigenvalue weighted by molar-refractivity contribution is 6.40. The molecule has 1 aromatic rings. The second-order valence-corrected chi connectivity index (χ2v) is 6.20. The van der Waals surface area contributed by atoms with Crippen molar-refractivity contribution in [3.8, 4) is 0 Å². The maximum absolute atomic E-state index is 11.9. The van der Waals surface area contributed by atoms with Gasteiger partial charge in [0.2, 0.25) is 0 Å². The molecule has 0 fully saturated rings. The predicted molar refractivity (Wildman–Crippen MR) is 87.9 cm³/mol. The molecule has 2 unspecified atom stereocenters. The molecule has 0 radical (unpaired) electrons. The average Bonchev–Trinajstić information content (AvgIpc) is 2.47. The Morgan fingerprint density at radius 3 is 2.59 bits per heavy atom. The van der Waals surface area contributed by atoms with Gasteiger partial charge in [0.05, 0.1) is 5.60 Å². The van der Waals surface area contributed by atoms with Crippen LogP contribution in [0.1, 0.15) is 32.8 Å². The molecule has 5 nitrogen and oxygen atoms in total. The predicted octanol–water partition coefficient (Wildman–Crippen LogP) is 2.50. The number of carbonyl (C=O) groups excluding carboxylic acids is 2. The van der Waals surface area contributed by atoms with Crippen LogP contribution in [0.5, 0.6) is 0 Å². The zero-order valence-corrected chi connectivity index (χ0v) is 14.1. The van der Waals surface area contributed by atoms with Crippen molar-refractivity contribution >= 4 is 29.1 Å². The lowest BCUT2D eigenvalue weighted by molar-refractivity contribution is -0.137. The Morgan fingerprint density at radius 1 is 1.36 bits per heavy atom. The molecule has 0 aliphatic rings. The van der Waals surface area contributed by atoms with Crippen molar-refractivity contribution in [1.29, 1.82) is 0 Å². The molecule has 3 N–H and O–H groups in total. The number of benzene rings is 1. The van der Waals surface area contributed by atoms with Crippen LogP contribution in [0.4, 0.5) is 5.69 Å². The number of aliphatic hydroxyl groups is 1. The van der Waals surface area contributed by atoms with Crippen LogP contribution >= 0.6 is 11.6 Å². The minimum absolute atomic E-state index is 0.00559. The third kappa shape index (κ3) is 5.00. The summed E-state index contributed by atoms with van der Waals surface area (Å²) in [5.74, 6) is -1.57. The average molecular weight is 327 g/mol. The lowest BCUT2D eigenvalue weighted by Gasteiger charge is -2.29. The Balaban J connectivity index is 2.63. The molecule has 0 bridgehead atoms. The van der Waals surface area contributed by atoms with E-state index >= 15 is 0 Å². The van der Waals surface area contributed by atoms with Crippen molar-refractivity contribution < 1.29 is 14.7 Å². The van der Waals surface area contributed by atoms with Crippen molar-refractivity contribution in [1.82, 2.24) is 5.32 Å². The van der Waals surface area contributed by atoms with Gasteiger partial charge in [-0.15, -0.1) is 0 Å². The van der Waals surface area contributed by atoms with E-state index in [1.165, 1.54) is 0 Å². The largest absolute Gasteiger partial charge is 0.388 e. The van der Waals surface area contributed by atoms with Crippen molar-refractivity contribution in [2.75, 3.05) is 11.9 Å². The smallest absolute Gasteiger partial charge is 0.313 e. The van der Waals surface area contributed by atoms with Crippen LogP contribution in [-0.4, -0.2) is 29.1 Å². The maximum Gasteiger partial charge on any atom is 0.313 e. The van der Waals surface area contributed by atoms with Crippen molar-refractivity contribution in [3.63, 3.8) is 0 Å². The first kappa shape index (κ1) is 18.5. The normalized spacial score (nSPS) is 14.8. The second kappa shape index (κ2) is 7.61. The summed E-state index contributed by atoms with van der Waals surface area (Å²) in [6.07, 6.45) is 0.775. The summed E-state index contributed by atoms with van der Waals surface area (Å²) in [6.45, 7) is 7.30. The van der Waals surface area contributed by atoms with Crippen LogP contribution in [0.3, 0.4) is 0 Å². The van der Waals surface area contributed by atoms with Gasteiger partial charge in [0, 0.05) is 17.3 Å². The van der Waals surface area contributed by atoms with E-state index in [0.29, 0.717) is 10.7 Å². The van der Waals surface area contributed by atoms with E-state index in [2.05, 4.69) is 10.6 Å². The molecule has 2 atom stereocenters. The molecule has 0 aromatic heterocycles. The Kier molecular flexibility index (Phi) is 6.38. The van der Waals surface area contributed by atoms with Crippen LogP contribution in [-0.2, 0) is 9.59 Å². The van der Waals surface area contributed by atoms with Gasteiger partial charge in [-0.3, -0.25) is 9.59 Å². The van der Waals surface area contributed by atoms with Crippen LogP contribution < -0.4 is 10.6 Å². The minimum Gasteiger partial charge on any atom is -0.388 e. The molecular formula is C16H23ClN2O3. The number of amides is 2. The van der Waals surface area contributed by atoms with Crippen LogP contribution in [0.2, 0.25) is 5.02 Å². The molecule has 0 heterocycles. The van der Waals surface area contributed by atoms with E-state index in [4.69, 9.17) is 11.6 Å². The van der Waals surface area contributed by atoms with Gasteiger partial charge in [-0.1, -0.05) is 37.9 Å². The van der Waals surface area contributed by atoms with Crippen LogP contribution in [0, 0.1) is 12.8 Å². The fourth-order valence-electron chi connectivity index (χ4n) is 1.86. The first-order valence-electron chi connectivity index (χ1n) is 7.25. The van der Waals surface area contributed by atoms with Gasteiger partial charge in [0.15, 0.2) is 0 Å². The lowest BCUT2D eigenvalue weighted by Crippen LogP contribution is -2.47. The zero-order chi connectivity index (χ0) is 16.9. The number of aryl methyl sites for hydroxylation is 1. The quantitative estimate of drug-likeness (QED) is 0.727. The van der Waals surface area contributed by atoms with Crippen LogP contribution in [0.15, 0.2) is 18.2 Å². The molecule has 0 aliphatic carbocycles. The first-order chi connectivity index (χ1) is 10.2. The highest BCUT2D eigenvalue weighted by atomic mass is 35.5. The molecule has 6 heteroatoms. The summed E-state index contributed by atoms with van der Waals surface area (Å²) >= 11 is 5.87. The van der Waals surface area contributed by atoms with Crippen molar-refractivity contribution in [3.05, 3.63) is 28.8 Å². The summed E-state index contributed by atoms with van der Waals surface area (Å²) in [4.78, 5) is 23.7. The number of halogens is 1. The fourth-order valence-corrected chi connectivity index (χ4v) is 2.03. The van der Waals surface area contributed by atoms with Gasteiger partial charge in [-0.2, -0.15) is 0 Å². The van der Waals surface area contributed by atoms with Gasteiger partial charge in [0.1, 0.15) is 0 Å². The van der Waals surface area contributed by atoms with Crippen molar-refractivity contribution in [2.24, 2.45) is 5.92 Å². The minimum atomic E-state index is -1.06. The van der Waals surface area contributed by atoms with E-state index < -0.39 is 17.4 Å². The molecular weight excluding hydrogens is 304 g/mol. The molecule has 0 saturated carbocycles. The molecule has 0 saturated heterocycles. The summed E-state index contributed by atoms with van der Waals surface area (Å²) in [5.41, 5.74) is 0.231. The van der Waals surface area contributed by atoms with Gasteiger partial charge in [0.25, 0.3) is 0 Å².